The fourth-order valence-electron chi connectivity index (χ4n) is 2.13. The second-order valence-electron chi connectivity index (χ2n) is 5.05. The van der Waals surface area contributed by atoms with Gasteiger partial charge < -0.3 is 20.9 Å². The van der Waals surface area contributed by atoms with Crippen LogP contribution in [0.2, 0.25) is 0 Å². The van der Waals surface area contributed by atoms with Crippen LogP contribution in [0.15, 0.2) is 4.99 Å². The van der Waals surface area contributed by atoms with Crippen molar-refractivity contribution in [2.24, 2.45) is 10.7 Å². The number of nitrogens with two attached hydrogens (primary N) is 1. The molecule has 0 radical (unpaired) electrons. The van der Waals surface area contributed by atoms with Gasteiger partial charge in [-0.2, -0.15) is 0 Å². The van der Waals surface area contributed by atoms with E-state index >= 15 is 0 Å². The minimum absolute atomic E-state index is 0.590. The molecule has 0 aromatic heterocycles. The van der Waals surface area contributed by atoms with Gasteiger partial charge in [0.15, 0.2) is 5.96 Å². The van der Waals surface area contributed by atoms with Crippen molar-refractivity contribution < 1.29 is 0 Å². The zero-order chi connectivity index (χ0) is 13.2. The summed E-state index contributed by atoms with van der Waals surface area (Å²) >= 11 is 0. The van der Waals surface area contributed by atoms with Gasteiger partial charge in [0.25, 0.3) is 0 Å². The molecule has 1 fully saturated rings. The lowest BCUT2D eigenvalue weighted by Crippen LogP contribution is -2.35. The van der Waals surface area contributed by atoms with Gasteiger partial charge in [-0.15, -0.1) is 0 Å². The Balaban J connectivity index is 2.06. The van der Waals surface area contributed by atoms with Gasteiger partial charge in [0.05, 0.1) is 0 Å². The summed E-state index contributed by atoms with van der Waals surface area (Å²) in [6.07, 6.45) is 3.46. The van der Waals surface area contributed by atoms with Crippen molar-refractivity contribution in [3.8, 4) is 0 Å². The number of rotatable bonds is 6. The van der Waals surface area contributed by atoms with Crippen LogP contribution >= 0.6 is 0 Å². The summed E-state index contributed by atoms with van der Waals surface area (Å²) in [5.74, 6) is 0.590. The maximum Gasteiger partial charge on any atom is 0.188 e. The van der Waals surface area contributed by atoms with Gasteiger partial charge in [0.2, 0.25) is 0 Å². The Bertz CT molecular complexity index is 242. The topological polar surface area (TPSA) is 56.9 Å². The molecule has 1 aliphatic heterocycles. The number of nitrogens with zero attached hydrogens (tertiary/aromatic N) is 3. The van der Waals surface area contributed by atoms with Crippen LogP contribution in [-0.4, -0.2) is 68.6 Å². The Morgan fingerprint density at radius 1 is 1.28 bits per heavy atom. The SMILES string of the molecule is CCCN=C(N)NCCCN1CCCN(C)CC1. The third kappa shape index (κ3) is 6.81. The van der Waals surface area contributed by atoms with Crippen molar-refractivity contribution in [1.82, 2.24) is 15.1 Å². The van der Waals surface area contributed by atoms with E-state index in [0.29, 0.717) is 5.96 Å². The van der Waals surface area contributed by atoms with Gasteiger partial charge in [-0.1, -0.05) is 6.92 Å². The first kappa shape index (κ1) is 15.2. The van der Waals surface area contributed by atoms with Crippen LogP contribution in [0.4, 0.5) is 0 Å². The zero-order valence-corrected chi connectivity index (χ0v) is 12.0. The number of likely N-dealkylation sites (N-methyl/N-ethyl adjacent to an activating group) is 1. The first-order chi connectivity index (χ1) is 8.72. The third-order valence-electron chi connectivity index (χ3n) is 3.28. The van der Waals surface area contributed by atoms with E-state index in [1.807, 2.05) is 0 Å². The molecule has 1 saturated heterocycles. The largest absolute Gasteiger partial charge is 0.370 e. The highest BCUT2D eigenvalue weighted by molar-refractivity contribution is 5.77. The Hall–Kier alpha value is -0.810. The minimum Gasteiger partial charge on any atom is -0.370 e. The van der Waals surface area contributed by atoms with E-state index < -0.39 is 0 Å². The van der Waals surface area contributed by atoms with E-state index in [1.54, 1.807) is 0 Å². The van der Waals surface area contributed by atoms with Gasteiger partial charge >= 0.3 is 0 Å². The molecule has 0 unspecified atom stereocenters. The van der Waals surface area contributed by atoms with Crippen LogP contribution in [0.3, 0.4) is 0 Å². The van der Waals surface area contributed by atoms with Crippen LogP contribution < -0.4 is 11.1 Å². The smallest absolute Gasteiger partial charge is 0.188 e. The predicted molar refractivity (Wildman–Crippen MR) is 78.0 cm³/mol. The van der Waals surface area contributed by atoms with Gasteiger partial charge in [-0.25, -0.2) is 0 Å². The van der Waals surface area contributed by atoms with E-state index in [4.69, 9.17) is 5.73 Å². The van der Waals surface area contributed by atoms with Gasteiger partial charge in [-0.05, 0) is 45.9 Å². The van der Waals surface area contributed by atoms with Crippen LogP contribution in [0, 0.1) is 0 Å². The molecule has 0 aromatic rings. The fourth-order valence-corrected chi connectivity index (χ4v) is 2.13. The van der Waals surface area contributed by atoms with Crippen molar-refractivity contribution in [3.05, 3.63) is 0 Å². The number of nitrogens with one attached hydrogen (secondary N) is 1. The number of guanidine groups is 1. The van der Waals surface area contributed by atoms with Gasteiger partial charge in [0, 0.05) is 26.2 Å². The Morgan fingerprint density at radius 2 is 2.11 bits per heavy atom. The molecule has 0 spiro atoms. The molecule has 5 nitrogen and oxygen atoms in total. The summed E-state index contributed by atoms with van der Waals surface area (Å²) in [6, 6.07) is 0. The minimum atomic E-state index is 0.590. The normalized spacial score (nSPS) is 19.8. The highest BCUT2D eigenvalue weighted by atomic mass is 15.2. The lowest BCUT2D eigenvalue weighted by atomic mass is 10.3. The fraction of sp³-hybridized carbons (Fsp3) is 0.923. The van der Waals surface area contributed by atoms with Gasteiger partial charge in [-0.3, -0.25) is 4.99 Å². The van der Waals surface area contributed by atoms with E-state index in [0.717, 1.165) is 32.5 Å². The lowest BCUT2D eigenvalue weighted by Gasteiger charge is -2.20. The van der Waals surface area contributed by atoms with Gasteiger partial charge in [0.1, 0.15) is 0 Å². The van der Waals surface area contributed by atoms with Crippen molar-refractivity contribution >= 4 is 5.96 Å². The molecule has 106 valence electrons. The number of hydrogen-bond donors (Lipinski definition) is 2. The first-order valence-corrected chi connectivity index (χ1v) is 7.17. The van der Waals surface area contributed by atoms with Crippen LogP contribution in [0.25, 0.3) is 0 Å². The highest BCUT2D eigenvalue weighted by Crippen LogP contribution is 2.01. The monoisotopic (exact) mass is 255 g/mol. The molecule has 0 amide bonds. The van der Waals surface area contributed by atoms with Crippen LogP contribution in [-0.2, 0) is 0 Å². The molecule has 18 heavy (non-hydrogen) atoms. The van der Waals surface area contributed by atoms with E-state index in [-0.39, 0.29) is 0 Å². The molecule has 1 heterocycles. The van der Waals surface area contributed by atoms with E-state index in [9.17, 15) is 0 Å². The Morgan fingerprint density at radius 3 is 2.89 bits per heavy atom. The molecule has 5 heteroatoms. The average molecular weight is 255 g/mol. The van der Waals surface area contributed by atoms with Crippen molar-refractivity contribution in [3.63, 3.8) is 0 Å². The summed E-state index contributed by atoms with van der Waals surface area (Å²) in [6.45, 7) is 9.83. The van der Waals surface area contributed by atoms with Crippen molar-refractivity contribution in [1.29, 1.82) is 0 Å². The number of aliphatic imine (C=N–C) groups is 1. The third-order valence-corrected chi connectivity index (χ3v) is 3.28. The Kier molecular flexibility index (Phi) is 7.76. The Labute approximate surface area is 111 Å². The first-order valence-electron chi connectivity index (χ1n) is 7.17. The summed E-state index contributed by atoms with van der Waals surface area (Å²) in [5.41, 5.74) is 5.74. The van der Waals surface area contributed by atoms with E-state index in [1.165, 1.54) is 32.6 Å². The second kappa shape index (κ2) is 9.16. The molecule has 0 atom stereocenters. The number of hydrogen-bond acceptors (Lipinski definition) is 3. The molecule has 1 rings (SSSR count). The van der Waals surface area contributed by atoms with Crippen LogP contribution in [0.5, 0.6) is 0 Å². The summed E-state index contributed by atoms with van der Waals surface area (Å²) in [7, 11) is 2.20. The second-order valence-corrected chi connectivity index (χ2v) is 5.05. The maximum atomic E-state index is 5.74. The predicted octanol–water partition coefficient (Wildman–Crippen LogP) is 0.328. The molecular weight excluding hydrogens is 226 g/mol. The summed E-state index contributed by atoms with van der Waals surface area (Å²) in [4.78, 5) is 9.17. The van der Waals surface area contributed by atoms with Crippen LogP contribution in [0.1, 0.15) is 26.2 Å². The quantitative estimate of drug-likeness (QED) is 0.408. The summed E-state index contributed by atoms with van der Waals surface area (Å²) in [5, 5.41) is 3.17. The molecule has 0 saturated carbocycles. The molecule has 1 aliphatic rings. The molecule has 0 bridgehead atoms. The molecule has 0 aromatic carbocycles. The van der Waals surface area contributed by atoms with E-state index in [2.05, 4.69) is 34.1 Å². The molecule has 0 aliphatic carbocycles. The zero-order valence-electron chi connectivity index (χ0n) is 12.0. The molecular formula is C13H29N5. The standard InChI is InChI=1S/C13H29N5/c1-3-6-15-13(14)16-7-4-9-18-10-5-8-17(2)11-12-18/h3-12H2,1-2H3,(H3,14,15,16). The van der Waals surface area contributed by atoms with Crippen molar-refractivity contribution in [2.45, 2.75) is 26.2 Å². The van der Waals surface area contributed by atoms with Crippen molar-refractivity contribution in [2.75, 3.05) is 52.9 Å². The average Bonchev–Trinajstić information content (AvgIpc) is 2.57. The lowest BCUT2D eigenvalue weighted by molar-refractivity contribution is 0.274. The highest BCUT2D eigenvalue weighted by Gasteiger charge is 2.10. The summed E-state index contributed by atoms with van der Waals surface area (Å²) < 4.78 is 0. The maximum absolute atomic E-state index is 5.74. The molecule has 3 N–H and O–H groups in total.